The number of nitrogens with two attached hydrogens (primary N) is 1. The molecule has 0 saturated heterocycles. The fourth-order valence-corrected chi connectivity index (χ4v) is 3.41. The molecule has 5 N–H and O–H groups in total. The van der Waals surface area contributed by atoms with Crippen LogP contribution in [0.5, 0.6) is 0 Å². The molecule has 0 heterocycles. The van der Waals surface area contributed by atoms with Gasteiger partial charge in [0.2, 0.25) is 11.8 Å². The minimum absolute atomic E-state index is 0.181. The number of amides is 2. The quantitative estimate of drug-likeness (QED) is 0.564. The van der Waals surface area contributed by atoms with Crippen molar-refractivity contribution < 1.29 is 19.5 Å². The SMILES string of the molecule is NCC(=O)NC1(C(=O)NC2(C(=O)O)CCCC2)CCCC1. The Labute approximate surface area is 123 Å². The fraction of sp³-hybridized carbons (Fsp3) is 0.786. The summed E-state index contributed by atoms with van der Waals surface area (Å²) in [5.41, 5.74) is 3.13. The Morgan fingerprint density at radius 3 is 1.81 bits per heavy atom. The summed E-state index contributed by atoms with van der Waals surface area (Å²) in [6.07, 6.45) is 5.17. The summed E-state index contributed by atoms with van der Waals surface area (Å²) in [4.78, 5) is 35.8. The molecule has 2 rings (SSSR count). The predicted octanol–water partition coefficient (Wildman–Crippen LogP) is -0.112. The van der Waals surface area contributed by atoms with Crippen LogP contribution in [-0.4, -0.2) is 40.5 Å². The molecule has 118 valence electrons. The first-order valence-corrected chi connectivity index (χ1v) is 7.51. The lowest BCUT2D eigenvalue weighted by Crippen LogP contribution is -2.64. The summed E-state index contributed by atoms with van der Waals surface area (Å²) >= 11 is 0. The first-order chi connectivity index (χ1) is 9.94. The molecular formula is C14H23N3O4. The second kappa shape index (κ2) is 6.01. The van der Waals surface area contributed by atoms with Crippen molar-refractivity contribution in [2.75, 3.05) is 6.54 Å². The number of hydrogen-bond acceptors (Lipinski definition) is 4. The summed E-state index contributed by atoms with van der Waals surface area (Å²) in [6, 6.07) is 0. The van der Waals surface area contributed by atoms with Crippen molar-refractivity contribution in [3.63, 3.8) is 0 Å². The largest absolute Gasteiger partial charge is 0.480 e. The maximum absolute atomic E-state index is 12.7. The van der Waals surface area contributed by atoms with Crippen molar-refractivity contribution in [2.24, 2.45) is 5.73 Å². The highest BCUT2D eigenvalue weighted by atomic mass is 16.4. The number of carboxylic acid groups (broad SMARTS) is 1. The summed E-state index contributed by atoms with van der Waals surface area (Å²) < 4.78 is 0. The average Bonchev–Trinajstić information content (AvgIpc) is 3.09. The molecule has 0 aromatic heterocycles. The molecule has 0 radical (unpaired) electrons. The summed E-state index contributed by atoms with van der Waals surface area (Å²) in [7, 11) is 0. The van der Waals surface area contributed by atoms with E-state index in [1.807, 2.05) is 0 Å². The van der Waals surface area contributed by atoms with Gasteiger partial charge in [-0.1, -0.05) is 25.7 Å². The Hall–Kier alpha value is -1.63. The third-order valence-corrected chi connectivity index (χ3v) is 4.68. The van der Waals surface area contributed by atoms with E-state index in [9.17, 15) is 19.5 Å². The van der Waals surface area contributed by atoms with Gasteiger partial charge in [-0.3, -0.25) is 9.59 Å². The van der Waals surface area contributed by atoms with Gasteiger partial charge in [0, 0.05) is 0 Å². The smallest absolute Gasteiger partial charge is 0.329 e. The number of nitrogens with one attached hydrogen (secondary N) is 2. The van der Waals surface area contributed by atoms with Crippen molar-refractivity contribution in [1.82, 2.24) is 10.6 Å². The molecule has 2 amide bonds. The van der Waals surface area contributed by atoms with Crippen LogP contribution in [0.2, 0.25) is 0 Å². The van der Waals surface area contributed by atoms with Gasteiger partial charge in [0.1, 0.15) is 11.1 Å². The van der Waals surface area contributed by atoms with E-state index in [4.69, 9.17) is 5.73 Å². The Balaban J connectivity index is 2.15. The van der Waals surface area contributed by atoms with Crippen LogP contribution in [0.25, 0.3) is 0 Å². The zero-order chi connectivity index (χ0) is 15.5. The van der Waals surface area contributed by atoms with Crippen LogP contribution in [0, 0.1) is 0 Å². The summed E-state index contributed by atoms with van der Waals surface area (Å²) in [6.45, 7) is -0.181. The summed E-state index contributed by atoms with van der Waals surface area (Å²) in [5, 5.41) is 14.9. The third kappa shape index (κ3) is 3.02. The van der Waals surface area contributed by atoms with Gasteiger partial charge in [0.25, 0.3) is 0 Å². The van der Waals surface area contributed by atoms with Crippen LogP contribution in [0.3, 0.4) is 0 Å². The zero-order valence-corrected chi connectivity index (χ0v) is 12.1. The van der Waals surface area contributed by atoms with Crippen molar-refractivity contribution in [3.8, 4) is 0 Å². The van der Waals surface area contributed by atoms with Crippen LogP contribution in [-0.2, 0) is 14.4 Å². The Morgan fingerprint density at radius 1 is 0.905 bits per heavy atom. The molecule has 2 aliphatic carbocycles. The molecule has 2 saturated carbocycles. The van der Waals surface area contributed by atoms with Gasteiger partial charge in [-0.25, -0.2) is 4.79 Å². The van der Waals surface area contributed by atoms with Crippen LogP contribution < -0.4 is 16.4 Å². The van der Waals surface area contributed by atoms with Crippen molar-refractivity contribution in [1.29, 1.82) is 0 Å². The van der Waals surface area contributed by atoms with E-state index >= 15 is 0 Å². The van der Waals surface area contributed by atoms with Crippen LogP contribution in [0.1, 0.15) is 51.4 Å². The second-order valence-electron chi connectivity index (χ2n) is 6.09. The number of hydrogen-bond donors (Lipinski definition) is 4. The molecule has 0 bridgehead atoms. The molecule has 2 fully saturated rings. The van der Waals surface area contributed by atoms with Crippen molar-refractivity contribution in [2.45, 2.75) is 62.4 Å². The van der Waals surface area contributed by atoms with Gasteiger partial charge in [-0.2, -0.15) is 0 Å². The van der Waals surface area contributed by atoms with Crippen LogP contribution >= 0.6 is 0 Å². The molecule has 0 atom stereocenters. The first-order valence-electron chi connectivity index (χ1n) is 7.51. The monoisotopic (exact) mass is 297 g/mol. The van der Waals surface area contributed by atoms with E-state index in [2.05, 4.69) is 10.6 Å². The minimum Gasteiger partial charge on any atom is -0.480 e. The first kappa shape index (κ1) is 15.8. The van der Waals surface area contributed by atoms with Crippen molar-refractivity contribution in [3.05, 3.63) is 0 Å². The number of carbonyl (C=O) groups excluding carboxylic acids is 2. The predicted molar refractivity (Wildman–Crippen MR) is 75.4 cm³/mol. The highest BCUT2D eigenvalue weighted by Crippen LogP contribution is 2.34. The van der Waals surface area contributed by atoms with Crippen LogP contribution in [0.4, 0.5) is 0 Å². The third-order valence-electron chi connectivity index (χ3n) is 4.68. The van der Waals surface area contributed by atoms with Gasteiger partial charge in [-0.05, 0) is 25.7 Å². The molecule has 2 aliphatic rings. The number of carboxylic acids is 1. The van der Waals surface area contributed by atoms with E-state index in [0.29, 0.717) is 25.7 Å². The molecule has 7 nitrogen and oxygen atoms in total. The lowest BCUT2D eigenvalue weighted by molar-refractivity contribution is -0.148. The number of carbonyl (C=O) groups is 3. The molecule has 0 unspecified atom stereocenters. The second-order valence-corrected chi connectivity index (χ2v) is 6.09. The standard InChI is InChI=1S/C14H23N3O4/c15-9-10(18)16-13(5-1-2-6-13)11(19)17-14(12(20)21)7-3-4-8-14/h1-9,15H2,(H,16,18)(H,17,19)(H,20,21). The Morgan fingerprint density at radius 2 is 1.38 bits per heavy atom. The number of aliphatic carboxylic acids is 1. The molecule has 21 heavy (non-hydrogen) atoms. The van der Waals surface area contributed by atoms with E-state index in [1.165, 1.54) is 0 Å². The molecular weight excluding hydrogens is 274 g/mol. The van der Waals surface area contributed by atoms with E-state index < -0.39 is 17.0 Å². The van der Waals surface area contributed by atoms with Crippen LogP contribution in [0.15, 0.2) is 0 Å². The normalized spacial score (nSPS) is 22.7. The van der Waals surface area contributed by atoms with E-state index in [0.717, 1.165) is 25.7 Å². The molecule has 0 aliphatic heterocycles. The van der Waals surface area contributed by atoms with Gasteiger partial charge in [0.15, 0.2) is 0 Å². The topological polar surface area (TPSA) is 122 Å². The minimum atomic E-state index is -1.18. The summed E-state index contributed by atoms with van der Waals surface area (Å²) in [5.74, 6) is -1.76. The van der Waals surface area contributed by atoms with Crippen molar-refractivity contribution >= 4 is 17.8 Å². The molecule has 0 spiro atoms. The highest BCUT2D eigenvalue weighted by molar-refractivity contribution is 5.95. The lowest BCUT2D eigenvalue weighted by atomic mass is 9.91. The molecule has 7 heteroatoms. The van der Waals surface area contributed by atoms with E-state index in [-0.39, 0.29) is 18.4 Å². The fourth-order valence-electron chi connectivity index (χ4n) is 3.41. The lowest BCUT2D eigenvalue weighted by Gasteiger charge is -2.34. The van der Waals surface area contributed by atoms with Gasteiger partial charge in [-0.15, -0.1) is 0 Å². The molecule has 0 aromatic carbocycles. The Kier molecular flexibility index (Phi) is 4.51. The van der Waals surface area contributed by atoms with E-state index in [1.54, 1.807) is 0 Å². The van der Waals surface area contributed by atoms with Gasteiger partial charge < -0.3 is 21.5 Å². The Bertz CT molecular complexity index is 438. The van der Waals surface area contributed by atoms with Gasteiger partial charge >= 0.3 is 5.97 Å². The zero-order valence-electron chi connectivity index (χ0n) is 12.1. The van der Waals surface area contributed by atoms with Gasteiger partial charge in [0.05, 0.1) is 6.54 Å². The average molecular weight is 297 g/mol. The maximum Gasteiger partial charge on any atom is 0.329 e. The molecule has 0 aromatic rings. The maximum atomic E-state index is 12.7. The highest BCUT2D eigenvalue weighted by Gasteiger charge is 2.49. The number of rotatable bonds is 5.